The van der Waals surface area contributed by atoms with Crippen LogP contribution in [0.5, 0.6) is 0 Å². The summed E-state index contributed by atoms with van der Waals surface area (Å²) in [6.07, 6.45) is 0.329. The number of benzene rings is 1. The summed E-state index contributed by atoms with van der Waals surface area (Å²) in [5.74, 6) is -0.767. The van der Waals surface area contributed by atoms with E-state index in [1.54, 1.807) is 31.2 Å². The molecule has 0 bridgehead atoms. The number of carbonyl (C=O) groups excluding carboxylic acids is 2. The van der Waals surface area contributed by atoms with Gasteiger partial charge in [-0.05, 0) is 25.1 Å². The lowest BCUT2D eigenvalue weighted by Crippen LogP contribution is -2.20. The van der Waals surface area contributed by atoms with Crippen LogP contribution >= 0.6 is 11.6 Å². The van der Waals surface area contributed by atoms with Crippen molar-refractivity contribution >= 4 is 35.3 Å². The molecule has 17 heavy (non-hydrogen) atoms. The third-order valence-electron chi connectivity index (χ3n) is 1.73. The second kappa shape index (κ2) is 6.65. The number of hydrogen-bond acceptors (Lipinski definition) is 5. The number of hydrazone groups is 1. The number of nitrogens with zero attached hydrogens (tertiary/aromatic N) is 1. The Morgan fingerprint density at radius 1 is 1.59 bits per heavy atom. The summed E-state index contributed by atoms with van der Waals surface area (Å²) in [5, 5.41) is 4.16. The highest BCUT2D eigenvalue weighted by Gasteiger charge is 2.11. The molecule has 0 radical (unpaired) electrons. The first-order valence-electron chi connectivity index (χ1n) is 4.89. The normalized spacial score (nSPS) is 10.8. The lowest BCUT2D eigenvalue weighted by atomic mass is 10.3. The number of hydrogen-bond donors (Lipinski definition) is 1. The van der Waals surface area contributed by atoms with E-state index in [9.17, 15) is 9.59 Å². The lowest BCUT2D eigenvalue weighted by molar-refractivity contribution is -0.135. The van der Waals surface area contributed by atoms with Gasteiger partial charge in [0.1, 0.15) is 0 Å². The largest absolute Gasteiger partial charge is 0.461 e. The van der Waals surface area contributed by atoms with Crippen LogP contribution in [0.2, 0.25) is 5.02 Å². The van der Waals surface area contributed by atoms with Crippen LogP contribution < -0.4 is 5.43 Å². The molecule has 0 aliphatic carbocycles. The molecule has 0 unspecified atom stereocenters. The van der Waals surface area contributed by atoms with E-state index >= 15 is 0 Å². The fourth-order valence-electron chi connectivity index (χ4n) is 1.01. The maximum absolute atomic E-state index is 11.2. The number of halogens is 1. The fourth-order valence-corrected chi connectivity index (χ4v) is 1.20. The molecule has 1 aromatic carbocycles. The number of rotatable bonds is 5. The maximum Gasteiger partial charge on any atom is 0.362 e. The molecule has 0 aliphatic rings. The van der Waals surface area contributed by atoms with E-state index < -0.39 is 5.97 Å². The highest BCUT2D eigenvalue weighted by molar-refractivity contribution is 6.58. The van der Waals surface area contributed by atoms with Crippen molar-refractivity contribution < 1.29 is 14.3 Å². The monoisotopic (exact) mass is 254 g/mol. The summed E-state index contributed by atoms with van der Waals surface area (Å²) < 4.78 is 4.64. The van der Waals surface area contributed by atoms with Crippen LogP contribution in [0.15, 0.2) is 29.4 Å². The summed E-state index contributed by atoms with van der Waals surface area (Å²) in [4.78, 5) is 21.8. The Kier molecular flexibility index (Phi) is 5.16. The third kappa shape index (κ3) is 4.24. The van der Waals surface area contributed by atoms with Crippen molar-refractivity contribution in [3.8, 4) is 0 Å². The van der Waals surface area contributed by atoms with Gasteiger partial charge in [0.15, 0.2) is 6.29 Å². The quantitative estimate of drug-likeness (QED) is 0.286. The van der Waals surface area contributed by atoms with E-state index in [4.69, 9.17) is 11.6 Å². The van der Waals surface area contributed by atoms with Crippen LogP contribution in [0.25, 0.3) is 0 Å². The van der Waals surface area contributed by atoms with Gasteiger partial charge in [-0.1, -0.05) is 17.7 Å². The van der Waals surface area contributed by atoms with Crippen molar-refractivity contribution in [2.45, 2.75) is 6.92 Å². The fraction of sp³-hybridized carbons (Fsp3) is 0.182. The molecule has 0 amide bonds. The van der Waals surface area contributed by atoms with Crippen LogP contribution in [-0.4, -0.2) is 24.6 Å². The van der Waals surface area contributed by atoms with Crippen molar-refractivity contribution in [1.29, 1.82) is 0 Å². The van der Waals surface area contributed by atoms with Crippen molar-refractivity contribution in [2.24, 2.45) is 5.10 Å². The first-order valence-corrected chi connectivity index (χ1v) is 5.26. The summed E-state index contributed by atoms with van der Waals surface area (Å²) in [7, 11) is 0. The molecule has 1 N–H and O–H groups in total. The molecule has 0 fully saturated rings. The molecule has 6 heteroatoms. The topological polar surface area (TPSA) is 67.8 Å². The minimum absolute atomic E-state index is 0.183. The second-order valence-corrected chi connectivity index (χ2v) is 3.39. The van der Waals surface area contributed by atoms with Gasteiger partial charge >= 0.3 is 5.97 Å². The predicted octanol–water partition coefficient (Wildman–Crippen LogP) is 1.87. The lowest BCUT2D eigenvalue weighted by Gasteiger charge is -2.02. The summed E-state index contributed by atoms with van der Waals surface area (Å²) in [6.45, 7) is 1.83. The molecule has 1 rings (SSSR count). The Labute approximate surface area is 103 Å². The van der Waals surface area contributed by atoms with Gasteiger partial charge < -0.3 is 4.74 Å². The average Bonchev–Trinajstić information content (AvgIpc) is 2.30. The summed E-state index contributed by atoms with van der Waals surface area (Å²) in [5.41, 5.74) is 2.79. The van der Waals surface area contributed by atoms with E-state index in [0.717, 1.165) is 0 Å². The van der Waals surface area contributed by atoms with Gasteiger partial charge in [0, 0.05) is 5.02 Å². The number of aldehydes is 1. The van der Waals surface area contributed by atoms with E-state index in [-0.39, 0.29) is 12.3 Å². The molecule has 0 aromatic heterocycles. The molecule has 0 atom stereocenters. The van der Waals surface area contributed by atoms with Gasteiger partial charge in [-0.2, -0.15) is 5.10 Å². The van der Waals surface area contributed by atoms with Crippen molar-refractivity contribution in [3.05, 3.63) is 29.3 Å². The first-order chi connectivity index (χ1) is 8.17. The van der Waals surface area contributed by atoms with Crippen LogP contribution in [-0.2, 0) is 14.3 Å². The van der Waals surface area contributed by atoms with E-state index in [1.807, 2.05) is 0 Å². The smallest absolute Gasteiger partial charge is 0.362 e. The zero-order valence-electron chi connectivity index (χ0n) is 9.14. The van der Waals surface area contributed by atoms with E-state index in [2.05, 4.69) is 15.3 Å². The summed E-state index contributed by atoms with van der Waals surface area (Å²) in [6, 6.07) is 6.72. The molecule has 0 saturated heterocycles. The van der Waals surface area contributed by atoms with Gasteiger partial charge in [-0.3, -0.25) is 10.2 Å². The highest BCUT2D eigenvalue weighted by Crippen LogP contribution is 2.14. The molecule has 0 spiro atoms. The third-order valence-corrected chi connectivity index (χ3v) is 1.96. The molecule has 0 heterocycles. The zero-order chi connectivity index (χ0) is 12.7. The van der Waals surface area contributed by atoms with Gasteiger partial charge in [0.05, 0.1) is 12.3 Å². The van der Waals surface area contributed by atoms with Crippen molar-refractivity contribution in [2.75, 3.05) is 12.0 Å². The molecule has 90 valence electrons. The molecule has 1 aromatic rings. The molecule has 0 aliphatic heterocycles. The molecular formula is C11H11ClN2O3. The average molecular weight is 255 g/mol. The molecule has 5 nitrogen and oxygen atoms in total. The Hall–Kier alpha value is -1.88. The van der Waals surface area contributed by atoms with Gasteiger partial charge in [-0.15, -0.1) is 0 Å². The standard InChI is InChI=1S/C11H11ClN2O3/c1-2-17-11(16)10(7-15)14-13-9-5-3-4-8(12)6-9/h3-7,13H,2H2,1H3/b14-10+. The Morgan fingerprint density at radius 2 is 2.35 bits per heavy atom. The highest BCUT2D eigenvalue weighted by atomic mass is 35.5. The molecular weight excluding hydrogens is 244 g/mol. The second-order valence-electron chi connectivity index (χ2n) is 2.96. The van der Waals surface area contributed by atoms with Crippen LogP contribution in [0.3, 0.4) is 0 Å². The zero-order valence-corrected chi connectivity index (χ0v) is 9.90. The minimum Gasteiger partial charge on any atom is -0.461 e. The van der Waals surface area contributed by atoms with Crippen molar-refractivity contribution in [3.63, 3.8) is 0 Å². The first kappa shape index (κ1) is 13.2. The van der Waals surface area contributed by atoms with Gasteiger partial charge in [-0.25, -0.2) is 4.79 Å². The number of anilines is 1. The van der Waals surface area contributed by atoms with Crippen LogP contribution in [0.1, 0.15) is 6.92 Å². The van der Waals surface area contributed by atoms with E-state index in [1.165, 1.54) is 0 Å². The summed E-state index contributed by atoms with van der Waals surface area (Å²) >= 11 is 5.76. The Balaban J connectivity index is 2.74. The van der Waals surface area contributed by atoms with Crippen LogP contribution in [0.4, 0.5) is 5.69 Å². The van der Waals surface area contributed by atoms with Crippen LogP contribution in [0, 0.1) is 0 Å². The minimum atomic E-state index is -0.767. The number of carbonyl (C=O) groups is 2. The SMILES string of the molecule is CCOC(=O)/C(C=O)=N/Nc1cccc(Cl)c1. The number of ether oxygens (including phenoxy) is 1. The van der Waals surface area contributed by atoms with Gasteiger partial charge in [0.2, 0.25) is 5.71 Å². The predicted molar refractivity (Wildman–Crippen MR) is 65.2 cm³/mol. The maximum atomic E-state index is 11.2. The number of esters is 1. The van der Waals surface area contributed by atoms with E-state index in [0.29, 0.717) is 17.0 Å². The Morgan fingerprint density at radius 3 is 2.94 bits per heavy atom. The number of nitrogens with one attached hydrogen (secondary N) is 1. The Bertz CT molecular complexity index is 446. The van der Waals surface area contributed by atoms with Gasteiger partial charge in [0.25, 0.3) is 0 Å². The molecule has 0 saturated carbocycles. The van der Waals surface area contributed by atoms with Crippen molar-refractivity contribution in [1.82, 2.24) is 0 Å².